The van der Waals surface area contributed by atoms with Gasteiger partial charge in [-0.3, -0.25) is 4.79 Å². The zero-order valence-electron chi connectivity index (χ0n) is 13.3. The Morgan fingerprint density at radius 3 is 2.71 bits per heavy atom. The molecule has 1 unspecified atom stereocenters. The highest BCUT2D eigenvalue weighted by Crippen LogP contribution is 2.37. The topological polar surface area (TPSA) is 59.6 Å². The molecule has 0 aliphatic carbocycles. The molecule has 2 aromatic carbocycles. The van der Waals surface area contributed by atoms with E-state index in [0.29, 0.717) is 31.3 Å². The number of benzene rings is 2. The number of nitrogens with one attached hydrogen (secondary N) is 2. The van der Waals surface area contributed by atoms with E-state index in [2.05, 4.69) is 10.6 Å². The number of para-hydroxylation sites is 1. The Balaban J connectivity index is 1.59. The third kappa shape index (κ3) is 3.76. The number of hydrogen-bond donors (Lipinski definition) is 2. The standard InChI is InChI=1S/C18H19FN2O3/c1-12(18(22)20-11-13-5-7-14(19)8-6-13)21-15-3-2-4-16-17(15)24-10-9-23-16/h2-8,12,21H,9-11H2,1H3,(H,20,22). The fraction of sp³-hybridized carbons (Fsp3) is 0.278. The quantitative estimate of drug-likeness (QED) is 0.885. The number of carbonyl (C=O) groups is 1. The summed E-state index contributed by atoms with van der Waals surface area (Å²) in [7, 11) is 0. The molecule has 0 radical (unpaired) electrons. The van der Waals surface area contributed by atoms with Gasteiger partial charge in [0, 0.05) is 6.54 Å². The van der Waals surface area contributed by atoms with Gasteiger partial charge < -0.3 is 20.1 Å². The van der Waals surface area contributed by atoms with Crippen LogP contribution in [-0.2, 0) is 11.3 Å². The fourth-order valence-corrected chi connectivity index (χ4v) is 2.43. The van der Waals surface area contributed by atoms with E-state index in [-0.39, 0.29) is 11.7 Å². The van der Waals surface area contributed by atoms with Gasteiger partial charge in [0.2, 0.25) is 5.91 Å². The SMILES string of the molecule is CC(Nc1cccc2c1OCCO2)C(=O)NCc1ccc(F)cc1. The minimum absolute atomic E-state index is 0.159. The Kier molecular flexibility index (Phi) is 4.84. The number of rotatable bonds is 5. The van der Waals surface area contributed by atoms with E-state index in [1.165, 1.54) is 12.1 Å². The molecule has 2 aromatic rings. The monoisotopic (exact) mass is 330 g/mol. The highest BCUT2D eigenvalue weighted by molar-refractivity contribution is 5.85. The Bertz CT molecular complexity index is 719. The van der Waals surface area contributed by atoms with Gasteiger partial charge in [-0.15, -0.1) is 0 Å². The Hall–Kier alpha value is -2.76. The predicted molar refractivity (Wildman–Crippen MR) is 88.8 cm³/mol. The van der Waals surface area contributed by atoms with Crippen LogP contribution in [0.15, 0.2) is 42.5 Å². The van der Waals surface area contributed by atoms with Gasteiger partial charge >= 0.3 is 0 Å². The largest absolute Gasteiger partial charge is 0.486 e. The van der Waals surface area contributed by atoms with E-state index in [1.807, 2.05) is 18.2 Å². The van der Waals surface area contributed by atoms with Crippen LogP contribution in [0.3, 0.4) is 0 Å². The summed E-state index contributed by atoms with van der Waals surface area (Å²) >= 11 is 0. The van der Waals surface area contributed by atoms with Crippen molar-refractivity contribution in [1.82, 2.24) is 5.32 Å². The number of hydrogen-bond acceptors (Lipinski definition) is 4. The van der Waals surface area contributed by atoms with Crippen LogP contribution in [0.5, 0.6) is 11.5 Å². The summed E-state index contributed by atoms with van der Waals surface area (Å²) in [6.07, 6.45) is 0. The molecule has 0 aromatic heterocycles. The maximum atomic E-state index is 12.9. The Labute approximate surface area is 139 Å². The second-order valence-electron chi connectivity index (χ2n) is 5.54. The van der Waals surface area contributed by atoms with Gasteiger partial charge in [-0.2, -0.15) is 0 Å². The van der Waals surface area contributed by atoms with Crippen LogP contribution in [-0.4, -0.2) is 25.2 Å². The molecule has 5 nitrogen and oxygen atoms in total. The molecule has 0 bridgehead atoms. The summed E-state index contributed by atoms with van der Waals surface area (Å²) in [5, 5.41) is 5.96. The van der Waals surface area contributed by atoms with Crippen molar-refractivity contribution in [3.8, 4) is 11.5 Å². The van der Waals surface area contributed by atoms with Crippen molar-refractivity contribution in [2.24, 2.45) is 0 Å². The maximum absolute atomic E-state index is 12.9. The molecular formula is C18H19FN2O3. The van der Waals surface area contributed by atoms with Gasteiger partial charge in [0.25, 0.3) is 0 Å². The molecule has 0 saturated heterocycles. The molecule has 0 saturated carbocycles. The molecule has 1 amide bonds. The zero-order chi connectivity index (χ0) is 16.9. The molecule has 0 spiro atoms. The number of amides is 1. The minimum Gasteiger partial charge on any atom is -0.486 e. The third-order valence-electron chi connectivity index (χ3n) is 3.71. The highest BCUT2D eigenvalue weighted by atomic mass is 19.1. The lowest BCUT2D eigenvalue weighted by atomic mass is 10.2. The van der Waals surface area contributed by atoms with Gasteiger partial charge in [-0.25, -0.2) is 4.39 Å². The van der Waals surface area contributed by atoms with Crippen molar-refractivity contribution in [3.63, 3.8) is 0 Å². The second kappa shape index (κ2) is 7.21. The van der Waals surface area contributed by atoms with Crippen molar-refractivity contribution < 1.29 is 18.7 Å². The minimum atomic E-state index is -0.456. The molecule has 24 heavy (non-hydrogen) atoms. The van der Waals surface area contributed by atoms with Crippen LogP contribution < -0.4 is 20.1 Å². The lowest BCUT2D eigenvalue weighted by Gasteiger charge is -2.23. The van der Waals surface area contributed by atoms with Crippen molar-refractivity contribution in [3.05, 3.63) is 53.8 Å². The van der Waals surface area contributed by atoms with E-state index in [9.17, 15) is 9.18 Å². The van der Waals surface area contributed by atoms with Crippen LogP contribution in [0.2, 0.25) is 0 Å². The molecule has 1 aliphatic heterocycles. The molecule has 6 heteroatoms. The lowest BCUT2D eigenvalue weighted by molar-refractivity contribution is -0.121. The summed E-state index contributed by atoms with van der Waals surface area (Å²) in [5.74, 6) is 0.844. The maximum Gasteiger partial charge on any atom is 0.242 e. The molecule has 1 atom stereocenters. The normalized spacial score (nSPS) is 13.9. The summed E-state index contributed by atoms with van der Waals surface area (Å²) < 4.78 is 24.0. The first-order chi connectivity index (χ1) is 11.6. The van der Waals surface area contributed by atoms with Gasteiger partial charge in [0.1, 0.15) is 25.1 Å². The number of ether oxygens (including phenoxy) is 2. The lowest BCUT2D eigenvalue weighted by Crippen LogP contribution is -2.37. The van der Waals surface area contributed by atoms with Crippen molar-refractivity contribution in [1.29, 1.82) is 0 Å². The predicted octanol–water partition coefficient (Wildman–Crippen LogP) is 2.71. The number of anilines is 1. The van der Waals surface area contributed by atoms with Gasteiger partial charge in [-0.05, 0) is 36.8 Å². The molecule has 2 N–H and O–H groups in total. The third-order valence-corrected chi connectivity index (χ3v) is 3.71. The smallest absolute Gasteiger partial charge is 0.242 e. The van der Waals surface area contributed by atoms with Crippen LogP contribution in [0.4, 0.5) is 10.1 Å². The first-order valence-corrected chi connectivity index (χ1v) is 7.81. The molecule has 1 heterocycles. The molecule has 0 fully saturated rings. The first-order valence-electron chi connectivity index (χ1n) is 7.81. The van der Waals surface area contributed by atoms with Gasteiger partial charge in [-0.1, -0.05) is 18.2 Å². The summed E-state index contributed by atoms with van der Waals surface area (Å²) in [5.41, 5.74) is 1.56. The van der Waals surface area contributed by atoms with Crippen LogP contribution in [0.1, 0.15) is 12.5 Å². The average molecular weight is 330 g/mol. The van der Waals surface area contributed by atoms with Crippen molar-refractivity contribution in [2.45, 2.75) is 19.5 Å². The average Bonchev–Trinajstić information content (AvgIpc) is 2.61. The first kappa shape index (κ1) is 16.1. The summed E-state index contributed by atoms with van der Waals surface area (Å²) in [6, 6.07) is 11.1. The number of fused-ring (bicyclic) bond motifs is 1. The fourth-order valence-electron chi connectivity index (χ4n) is 2.43. The van der Waals surface area contributed by atoms with E-state index in [4.69, 9.17) is 9.47 Å². The summed E-state index contributed by atoms with van der Waals surface area (Å²) in [6.45, 7) is 3.11. The molecule has 3 rings (SSSR count). The van der Waals surface area contributed by atoms with Gasteiger partial charge in [0.05, 0.1) is 5.69 Å². The number of halogens is 1. The molecule has 126 valence electrons. The van der Waals surface area contributed by atoms with Crippen molar-refractivity contribution in [2.75, 3.05) is 18.5 Å². The zero-order valence-corrected chi connectivity index (χ0v) is 13.3. The van der Waals surface area contributed by atoms with E-state index in [1.54, 1.807) is 19.1 Å². The van der Waals surface area contributed by atoms with Crippen LogP contribution in [0.25, 0.3) is 0 Å². The van der Waals surface area contributed by atoms with Crippen LogP contribution >= 0.6 is 0 Å². The van der Waals surface area contributed by atoms with E-state index >= 15 is 0 Å². The van der Waals surface area contributed by atoms with E-state index in [0.717, 1.165) is 11.3 Å². The summed E-state index contributed by atoms with van der Waals surface area (Å²) in [4.78, 5) is 12.2. The van der Waals surface area contributed by atoms with Crippen LogP contribution in [0, 0.1) is 5.82 Å². The second-order valence-corrected chi connectivity index (χ2v) is 5.54. The molecular weight excluding hydrogens is 311 g/mol. The van der Waals surface area contributed by atoms with E-state index < -0.39 is 6.04 Å². The van der Waals surface area contributed by atoms with Crippen molar-refractivity contribution >= 4 is 11.6 Å². The highest BCUT2D eigenvalue weighted by Gasteiger charge is 2.19. The molecule has 1 aliphatic rings. The Morgan fingerprint density at radius 2 is 1.92 bits per heavy atom. The Morgan fingerprint density at radius 1 is 1.17 bits per heavy atom. The number of carbonyl (C=O) groups excluding carboxylic acids is 1. The van der Waals surface area contributed by atoms with Gasteiger partial charge in [0.15, 0.2) is 11.5 Å².